The number of amides is 1. The van der Waals surface area contributed by atoms with E-state index in [-0.39, 0.29) is 11.9 Å². The minimum atomic E-state index is -0.0485. The number of rotatable bonds is 5. The molecule has 1 saturated heterocycles. The predicted molar refractivity (Wildman–Crippen MR) is 75.9 cm³/mol. The first-order chi connectivity index (χ1) is 9.24. The van der Waals surface area contributed by atoms with Gasteiger partial charge in [-0.05, 0) is 57.9 Å². The third-order valence-electron chi connectivity index (χ3n) is 4.97. The minimum absolute atomic E-state index is 0.0485. The Morgan fingerprint density at radius 3 is 2.68 bits per heavy atom. The molecule has 4 unspecified atom stereocenters. The first kappa shape index (κ1) is 13.4. The van der Waals surface area contributed by atoms with E-state index in [1.54, 1.807) is 0 Å². The van der Waals surface area contributed by atoms with Crippen LogP contribution >= 0.6 is 0 Å². The van der Waals surface area contributed by atoms with Crippen molar-refractivity contribution in [2.24, 2.45) is 5.92 Å². The average molecular weight is 265 g/mol. The first-order valence-corrected chi connectivity index (χ1v) is 8.04. The normalized spacial score (nSPS) is 36.4. The van der Waals surface area contributed by atoms with Crippen LogP contribution in [0.15, 0.2) is 0 Å². The summed E-state index contributed by atoms with van der Waals surface area (Å²) in [6, 6.07) is 1.62. The zero-order chi connectivity index (χ0) is 13.2. The molecule has 0 aromatic rings. The van der Waals surface area contributed by atoms with Crippen LogP contribution in [-0.4, -0.2) is 36.6 Å². The van der Waals surface area contributed by atoms with Gasteiger partial charge >= 0.3 is 0 Å². The second-order valence-electron chi connectivity index (χ2n) is 6.58. The molecule has 4 atom stereocenters. The molecule has 19 heavy (non-hydrogen) atoms. The zero-order valence-electron chi connectivity index (χ0n) is 12.0. The molecule has 4 heteroatoms. The summed E-state index contributed by atoms with van der Waals surface area (Å²) in [7, 11) is 0. The van der Waals surface area contributed by atoms with Gasteiger partial charge in [0.2, 0.25) is 5.91 Å². The topological polar surface area (TPSA) is 53.2 Å². The van der Waals surface area contributed by atoms with Gasteiger partial charge in [0, 0.05) is 18.1 Å². The van der Waals surface area contributed by atoms with Gasteiger partial charge in [-0.1, -0.05) is 6.42 Å². The number of hydrogen-bond acceptors (Lipinski definition) is 3. The molecule has 0 spiro atoms. The van der Waals surface area contributed by atoms with Gasteiger partial charge < -0.3 is 16.0 Å². The lowest BCUT2D eigenvalue weighted by atomic mass is 9.92. The molecule has 3 rings (SSSR count). The first-order valence-electron chi connectivity index (χ1n) is 8.04. The standard InChI is InChI=1S/C15H27N3O/c1-10(15(19)18-11-7-8-11)17-14-5-2-4-12(14)13-6-3-9-16-13/h10-14,16-17H,2-9H2,1H3,(H,18,19). The van der Waals surface area contributed by atoms with Crippen molar-refractivity contribution in [3.63, 3.8) is 0 Å². The molecule has 3 fully saturated rings. The van der Waals surface area contributed by atoms with Crippen molar-refractivity contribution in [1.82, 2.24) is 16.0 Å². The predicted octanol–water partition coefficient (Wildman–Crippen LogP) is 1.16. The fraction of sp³-hybridized carbons (Fsp3) is 0.933. The van der Waals surface area contributed by atoms with Crippen LogP contribution in [0.5, 0.6) is 0 Å². The second-order valence-corrected chi connectivity index (χ2v) is 6.58. The van der Waals surface area contributed by atoms with E-state index in [4.69, 9.17) is 0 Å². The molecular weight excluding hydrogens is 238 g/mol. The summed E-state index contributed by atoms with van der Waals surface area (Å²) in [5.41, 5.74) is 0. The number of nitrogens with one attached hydrogen (secondary N) is 3. The van der Waals surface area contributed by atoms with Gasteiger partial charge in [-0.3, -0.25) is 4.79 Å². The Balaban J connectivity index is 1.50. The highest BCUT2D eigenvalue weighted by Gasteiger charge is 2.36. The monoisotopic (exact) mass is 265 g/mol. The summed E-state index contributed by atoms with van der Waals surface area (Å²) in [5, 5.41) is 10.3. The lowest BCUT2D eigenvalue weighted by Crippen LogP contribution is -2.50. The van der Waals surface area contributed by atoms with Gasteiger partial charge in [-0.2, -0.15) is 0 Å². The van der Waals surface area contributed by atoms with E-state index in [0.717, 1.165) is 18.8 Å². The molecule has 0 aromatic heterocycles. The van der Waals surface area contributed by atoms with E-state index in [2.05, 4.69) is 16.0 Å². The highest BCUT2D eigenvalue weighted by Crippen LogP contribution is 2.32. The van der Waals surface area contributed by atoms with Crippen molar-refractivity contribution < 1.29 is 4.79 Å². The summed E-state index contributed by atoms with van der Waals surface area (Å²) in [6.07, 6.45) is 8.79. The maximum atomic E-state index is 12.0. The number of carbonyl (C=O) groups is 1. The fourth-order valence-corrected chi connectivity index (χ4v) is 3.70. The van der Waals surface area contributed by atoms with Crippen LogP contribution in [0.25, 0.3) is 0 Å². The average Bonchev–Trinajstić information content (AvgIpc) is 2.90. The summed E-state index contributed by atoms with van der Waals surface area (Å²) in [5.74, 6) is 0.909. The Labute approximate surface area is 116 Å². The van der Waals surface area contributed by atoms with E-state index in [1.165, 1.54) is 38.6 Å². The van der Waals surface area contributed by atoms with Crippen LogP contribution in [0.4, 0.5) is 0 Å². The molecule has 3 aliphatic rings. The molecule has 108 valence electrons. The summed E-state index contributed by atoms with van der Waals surface area (Å²) < 4.78 is 0. The molecule has 0 bridgehead atoms. The minimum Gasteiger partial charge on any atom is -0.352 e. The lowest BCUT2D eigenvalue weighted by Gasteiger charge is -2.29. The summed E-state index contributed by atoms with van der Waals surface area (Å²) in [4.78, 5) is 12.0. The Hall–Kier alpha value is -0.610. The Morgan fingerprint density at radius 2 is 2.00 bits per heavy atom. The quantitative estimate of drug-likeness (QED) is 0.699. The Kier molecular flexibility index (Phi) is 4.08. The molecule has 1 amide bonds. The van der Waals surface area contributed by atoms with Crippen molar-refractivity contribution in [2.75, 3.05) is 6.54 Å². The smallest absolute Gasteiger partial charge is 0.237 e. The summed E-state index contributed by atoms with van der Waals surface area (Å²) >= 11 is 0. The van der Waals surface area contributed by atoms with Crippen molar-refractivity contribution in [3.8, 4) is 0 Å². The van der Waals surface area contributed by atoms with Crippen LogP contribution in [0, 0.1) is 5.92 Å². The van der Waals surface area contributed by atoms with E-state index in [1.807, 2.05) is 6.92 Å². The molecular formula is C15H27N3O. The molecule has 1 aliphatic heterocycles. The largest absolute Gasteiger partial charge is 0.352 e. The van der Waals surface area contributed by atoms with Crippen molar-refractivity contribution in [2.45, 2.75) is 76.0 Å². The second kappa shape index (κ2) is 5.80. The van der Waals surface area contributed by atoms with Gasteiger partial charge in [0.05, 0.1) is 6.04 Å². The van der Waals surface area contributed by atoms with Crippen molar-refractivity contribution >= 4 is 5.91 Å². The maximum Gasteiger partial charge on any atom is 0.237 e. The van der Waals surface area contributed by atoms with Gasteiger partial charge in [0.25, 0.3) is 0 Å². The number of carbonyl (C=O) groups excluding carboxylic acids is 1. The van der Waals surface area contributed by atoms with Gasteiger partial charge in [-0.15, -0.1) is 0 Å². The number of hydrogen-bond donors (Lipinski definition) is 3. The summed E-state index contributed by atoms with van der Waals surface area (Å²) in [6.45, 7) is 3.18. The van der Waals surface area contributed by atoms with E-state index < -0.39 is 0 Å². The van der Waals surface area contributed by atoms with Crippen LogP contribution in [0.1, 0.15) is 51.9 Å². The molecule has 3 N–H and O–H groups in total. The molecule has 4 nitrogen and oxygen atoms in total. The van der Waals surface area contributed by atoms with Gasteiger partial charge in [-0.25, -0.2) is 0 Å². The van der Waals surface area contributed by atoms with Crippen LogP contribution in [-0.2, 0) is 4.79 Å². The Morgan fingerprint density at radius 1 is 1.16 bits per heavy atom. The van der Waals surface area contributed by atoms with E-state index in [0.29, 0.717) is 18.1 Å². The molecule has 2 aliphatic carbocycles. The fourth-order valence-electron chi connectivity index (χ4n) is 3.70. The van der Waals surface area contributed by atoms with Crippen LogP contribution < -0.4 is 16.0 Å². The maximum absolute atomic E-state index is 12.0. The molecule has 2 saturated carbocycles. The van der Waals surface area contributed by atoms with Crippen molar-refractivity contribution in [1.29, 1.82) is 0 Å². The van der Waals surface area contributed by atoms with Crippen LogP contribution in [0.3, 0.4) is 0 Å². The van der Waals surface area contributed by atoms with Gasteiger partial charge in [0.15, 0.2) is 0 Å². The third-order valence-corrected chi connectivity index (χ3v) is 4.97. The highest BCUT2D eigenvalue weighted by molar-refractivity contribution is 5.81. The molecule has 0 aromatic carbocycles. The lowest BCUT2D eigenvalue weighted by molar-refractivity contribution is -0.123. The third kappa shape index (κ3) is 3.29. The van der Waals surface area contributed by atoms with E-state index >= 15 is 0 Å². The Bertz CT molecular complexity index is 323. The zero-order valence-corrected chi connectivity index (χ0v) is 12.0. The van der Waals surface area contributed by atoms with Crippen molar-refractivity contribution in [3.05, 3.63) is 0 Å². The van der Waals surface area contributed by atoms with E-state index in [9.17, 15) is 4.79 Å². The highest BCUT2D eigenvalue weighted by atomic mass is 16.2. The van der Waals surface area contributed by atoms with Gasteiger partial charge in [0.1, 0.15) is 0 Å². The van der Waals surface area contributed by atoms with Crippen LogP contribution in [0.2, 0.25) is 0 Å². The molecule has 0 radical (unpaired) electrons. The molecule has 1 heterocycles. The SMILES string of the molecule is CC(NC1CCCC1C1CCCN1)C(=O)NC1CC1.